The van der Waals surface area contributed by atoms with Gasteiger partial charge in [0.1, 0.15) is 11.6 Å². The van der Waals surface area contributed by atoms with Crippen LogP contribution in [0.15, 0.2) is 34.9 Å². The summed E-state index contributed by atoms with van der Waals surface area (Å²) in [6.07, 6.45) is 1.80. The van der Waals surface area contributed by atoms with E-state index >= 15 is 0 Å². The number of aromatic nitrogens is 1. The molecule has 106 valence electrons. The summed E-state index contributed by atoms with van der Waals surface area (Å²) in [5.41, 5.74) is 3.50. The van der Waals surface area contributed by atoms with E-state index in [-0.39, 0.29) is 0 Å². The molecule has 0 saturated heterocycles. The number of rotatable bonds is 5. The van der Waals surface area contributed by atoms with E-state index < -0.39 is 0 Å². The van der Waals surface area contributed by atoms with Gasteiger partial charge in [0.05, 0.1) is 6.61 Å². The molecule has 0 aliphatic carbocycles. The first-order chi connectivity index (χ1) is 9.60. The summed E-state index contributed by atoms with van der Waals surface area (Å²) in [4.78, 5) is 4.38. The molecule has 0 fully saturated rings. The SMILES string of the molecule is CCOc1ccc(CNc2ncc(Br)cc2C)cc1C. The van der Waals surface area contributed by atoms with Crippen LogP contribution in [-0.2, 0) is 6.54 Å². The number of hydrogen-bond acceptors (Lipinski definition) is 3. The van der Waals surface area contributed by atoms with Gasteiger partial charge in [-0.15, -0.1) is 0 Å². The zero-order valence-corrected chi connectivity index (χ0v) is 13.6. The third-order valence-electron chi connectivity index (χ3n) is 3.04. The van der Waals surface area contributed by atoms with Crippen LogP contribution >= 0.6 is 15.9 Å². The van der Waals surface area contributed by atoms with Gasteiger partial charge in [-0.3, -0.25) is 0 Å². The van der Waals surface area contributed by atoms with Crippen LogP contribution < -0.4 is 10.1 Å². The summed E-state index contributed by atoms with van der Waals surface area (Å²) in [6, 6.07) is 8.31. The fourth-order valence-electron chi connectivity index (χ4n) is 2.05. The van der Waals surface area contributed by atoms with Crippen LogP contribution in [0.3, 0.4) is 0 Å². The predicted octanol–water partition coefficient (Wildman–Crippen LogP) is 4.47. The quantitative estimate of drug-likeness (QED) is 0.875. The van der Waals surface area contributed by atoms with E-state index in [2.05, 4.69) is 51.4 Å². The summed E-state index contributed by atoms with van der Waals surface area (Å²) in [7, 11) is 0. The molecule has 0 radical (unpaired) electrons. The number of nitrogens with one attached hydrogen (secondary N) is 1. The Hall–Kier alpha value is -1.55. The average Bonchev–Trinajstić information content (AvgIpc) is 2.41. The molecular formula is C16H19BrN2O. The minimum absolute atomic E-state index is 0.695. The third kappa shape index (κ3) is 3.73. The first kappa shape index (κ1) is 14.9. The Balaban J connectivity index is 2.05. The van der Waals surface area contributed by atoms with Gasteiger partial charge in [0.25, 0.3) is 0 Å². The molecule has 0 amide bonds. The number of anilines is 1. The van der Waals surface area contributed by atoms with Gasteiger partial charge in [-0.1, -0.05) is 12.1 Å². The number of benzene rings is 1. The molecule has 3 nitrogen and oxygen atoms in total. The van der Waals surface area contributed by atoms with E-state index in [1.165, 1.54) is 5.56 Å². The second-order valence-corrected chi connectivity index (χ2v) is 5.62. The Bertz CT molecular complexity index is 599. The molecule has 0 unspecified atom stereocenters. The number of pyridine rings is 1. The smallest absolute Gasteiger partial charge is 0.129 e. The number of aryl methyl sites for hydroxylation is 2. The van der Waals surface area contributed by atoms with Crippen LogP contribution in [-0.4, -0.2) is 11.6 Å². The first-order valence-corrected chi connectivity index (χ1v) is 7.47. The number of ether oxygens (including phenoxy) is 1. The lowest BCUT2D eigenvalue weighted by atomic mass is 10.1. The van der Waals surface area contributed by atoms with Gasteiger partial charge in [-0.2, -0.15) is 0 Å². The minimum atomic E-state index is 0.695. The van der Waals surface area contributed by atoms with Crippen molar-refractivity contribution in [2.24, 2.45) is 0 Å². The van der Waals surface area contributed by atoms with E-state index in [1.807, 2.05) is 19.9 Å². The zero-order chi connectivity index (χ0) is 14.5. The van der Waals surface area contributed by atoms with Crippen LogP contribution in [0.4, 0.5) is 5.82 Å². The van der Waals surface area contributed by atoms with Crippen molar-refractivity contribution in [1.82, 2.24) is 4.98 Å². The highest BCUT2D eigenvalue weighted by Crippen LogP contribution is 2.21. The summed E-state index contributed by atoms with van der Waals surface area (Å²) in [5, 5.41) is 3.36. The third-order valence-corrected chi connectivity index (χ3v) is 3.48. The van der Waals surface area contributed by atoms with Crippen molar-refractivity contribution >= 4 is 21.7 Å². The second kappa shape index (κ2) is 6.75. The van der Waals surface area contributed by atoms with Crippen molar-refractivity contribution in [3.63, 3.8) is 0 Å². The van der Waals surface area contributed by atoms with Crippen molar-refractivity contribution < 1.29 is 4.74 Å². The van der Waals surface area contributed by atoms with Crippen LogP contribution in [0.5, 0.6) is 5.75 Å². The van der Waals surface area contributed by atoms with Crippen molar-refractivity contribution in [3.8, 4) is 5.75 Å². The maximum atomic E-state index is 5.55. The Kier molecular flexibility index (Phi) is 5.01. The summed E-state index contributed by atoms with van der Waals surface area (Å²) >= 11 is 3.42. The van der Waals surface area contributed by atoms with Crippen LogP contribution in [0.1, 0.15) is 23.6 Å². The Morgan fingerprint density at radius 2 is 2.00 bits per heavy atom. The molecule has 0 aliphatic heterocycles. The Morgan fingerprint density at radius 1 is 1.20 bits per heavy atom. The molecule has 0 bridgehead atoms. The van der Waals surface area contributed by atoms with Gasteiger partial charge in [-0.05, 0) is 65.5 Å². The van der Waals surface area contributed by atoms with E-state index in [4.69, 9.17) is 4.74 Å². The molecule has 0 saturated carbocycles. The molecule has 2 aromatic rings. The molecule has 2 rings (SSSR count). The van der Waals surface area contributed by atoms with E-state index in [1.54, 1.807) is 6.20 Å². The molecule has 1 aromatic carbocycles. The summed E-state index contributed by atoms with van der Waals surface area (Å²) in [5.74, 6) is 1.87. The summed E-state index contributed by atoms with van der Waals surface area (Å²) in [6.45, 7) is 7.56. The van der Waals surface area contributed by atoms with E-state index in [9.17, 15) is 0 Å². The molecule has 1 aromatic heterocycles. The fourth-order valence-corrected chi connectivity index (χ4v) is 2.50. The van der Waals surface area contributed by atoms with Crippen molar-refractivity contribution in [2.45, 2.75) is 27.3 Å². The van der Waals surface area contributed by atoms with E-state index in [0.717, 1.165) is 33.7 Å². The predicted molar refractivity (Wildman–Crippen MR) is 86.3 cm³/mol. The molecule has 1 N–H and O–H groups in total. The van der Waals surface area contributed by atoms with Gasteiger partial charge >= 0.3 is 0 Å². The number of nitrogens with zero attached hydrogens (tertiary/aromatic N) is 1. The highest BCUT2D eigenvalue weighted by molar-refractivity contribution is 9.10. The lowest BCUT2D eigenvalue weighted by Crippen LogP contribution is -2.04. The summed E-state index contributed by atoms with van der Waals surface area (Å²) < 4.78 is 6.55. The zero-order valence-electron chi connectivity index (χ0n) is 12.0. The lowest BCUT2D eigenvalue weighted by molar-refractivity contribution is 0.338. The lowest BCUT2D eigenvalue weighted by Gasteiger charge is -2.11. The first-order valence-electron chi connectivity index (χ1n) is 6.68. The molecule has 0 spiro atoms. The second-order valence-electron chi connectivity index (χ2n) is 4.71. The van der Waals surface area contributed by atoms with Gasteiger partial charge < -0.3 is 10.1 Å². The molecule has 0 atom stereocenters. The van der Waals surface area contributed by atoms with Gasteiger partial charge in [0.2, 0.25) is 0 Å². The van der Waals surface area contributed by atoms with E-state index in [0.29, 0.717) is 6.61 Å². The maximum Gasteiger partial charge on any atom is 0.129 e. The monoisotopic (exact) mass is 334 g/mol. The number of halogens is 1. The van der Waals surface area contributed by atoms with Crippen molar-refractivity contribution in [1.29, 1.82) is 0 Å². The minimum Gasteiger partial charge on any atom is -0.494 e. The highest BCUT2D eigenvalue weighted by atomic mass is 79.9. The Labute approximate surface area is 128 Å². The van der Waals surface area contributed by atoms with Crippen LogP contribution in [0.2, 0.25) is 0 Å². The fraction of sp³-hybridized carbons (Fsp3) is 0.312. The van der Waals surface area contributed by atoms with Crippen LogP contribution in [0, 0.1) is 13.8 Å². The maximum absolute atomic E-state index is 5.55. The van der Waals surface area contributed by atoms with Gasteiger partial charge in [0.15, 0.2) is 0 Å². The molecule has 4 heteroatoms. The van der Waals surface area contributed by atoms with Gasteiger partial charge in [-0.25, -0.2) is 4.98 Å². The average molecular weight is 335 g/mol. The van der Waals surface area contributed by atoms with Crippen molar-refractivity contribution in [2.75, 3.05) is 11.9 Å². The standard InChI is InChI=1S/C16H19BrN2O/c1-4-20-15-6-5-13(7-11(15)2)9-18-16-12(3)8-14(17)10-19-16/h5-8,10H,4,9H2,1-3H3,(H,18,19). The molecular weight excluding hydrogens is 316 g/mol. The molecule has 1 heterocycles. The van der Waals surface area contributed by atoms with Crippen molar-refractivity contribution in [3.05, 3.63) is 51.6 Å². The molecule has 0 aliphatic rings. The topological polar surface area (TPSA) is 34.1 Å². The van der Waals surface area contributed by atoms with Crippen LogP contribution in [0.25, 0.3) is 0 Å². The normalized spacial score (nSPS) is 10.4. The highest BCUT2D eigenvalue weighted by Gasteiger charge is 2.03. The Morgan fingerprint density at radius 3 is 2.65 bits per heavy atom. The number of hydrogen-bond donors (Lipinski definition) is 1. The largest absolute Gasteiger partial charge is 0.494 e. The van der Waals surface area contributed by atoms with Gasteiger partial charge in [0, 0.05) is 17.2 Å². The molecule has 20 heavy (non-hydrogen) atoms.